The van der Waals surface area contributed by atoms with Gasteiger partial charge in [-0.3, -0.25) is 4.79 Å². The average Bonchev–Trinajstić information content (AvgIpc) is 2.66. The summed E-state index contributed by atoms with van der Waals surface area (Å²) in [4.78, 5) is 14.2. The van der Waals surface area contributed by atoms with Crippen LogP contribution in [0.3, 0.4) is 0 Å². The van der Waals surface area contributed by atoms with Crippen molar-refractivity contribution in [3.05, 3.63) is 65.5 Å². The lowest BCUT2D eigenvalue weighted by Gasteiger charge is -2.33. The zero-order valence-corrected chi connectivity index (χ0v) is 15.2. The quantitative estimate of drug-likeness (QED) is 0.815. The van der Waals surface area contributed by atoms with Gasteiger partial charge >= 0.3 is 0 Å². The van der Waals surface area contributed by atoms with E-state index < -0.39 is 5.82 Å². The van der Waals surface area contributed by atoms with E-state index in [2.05, 4.69) is 26.0 Å². The Morgan fingerprint density at radius 3 is 2.73 bits per heavy atom. The largest absolute Gasteiger partial charge is 0.491 e. The third kappa shape index (κ3) is 4.61. The van der Waals surface area contributed by atoms with Gasteiger partial charge < -0.3 is 14.4 Å². The zero-order valence-electron chi connectivity index (χ0n) is 15.2. The van der Waals surface area contributed by atoms with Gasteiger partial charge in [0.1, 0.15) is 24.3 Å². The first kappa shape index (κ1) is 18.4. The van der Waals surface area contributed by atoms with E-state index in [-0.39, 0.29) is 12.0 Å². The molecule has 1 heterocycles. The molecule has 0 N–H and O–H groups in total. The van der Waals surface area contributed by atoms with Gasteiger partial charge in [0.2, 0.25) is 0 Å². The molecule has 1 saturated heterocycles. The maximum absolute atomic E-state index is 13.3. The fourth-order valence-electron chi connectivity index (χ4n) is 2.95. The smallest absolute Gasteiger partial charge is 0.254 e. The molecule has 2 aromatic rings. The summed E-state index contributed by atoms with van der Waals surface area (Å²) in [5, 5.41) is 0. The first-order valence-electron chi connectivity index (χ1n) is 8.92. The molecule has 0 aromatic heterocycles. The Labute approximate surface area is 153 Å². The molecule has 2 aromatic carbocycles. The number of carbonyl (C=O) groups is 1. The molecule has 1 fully saturated rings. The second-order valence-corrected chi connectivity index (χ2v) is 6.79. The lowest BCUT2D eigenvalue weighted by molar-refractivity contribution is -0.0401. The minimum absolute atomic E-state index is 0.181. The van der Waals surface area contributed by atoms with Crippen molar-refractivity contribution in [2.75, 3.05) is 26.3 Å². The number of halogens is 1. The number of ether oxygens (including phenoxy) is 2. The number of rotatable bonds is 5. The molecule has 1 aliphatic heterocycles. The molecule has 0 radical (unpaired) electrons. The van der Waals surface area contributed by atoms with Crippen molar-refractivity contribution in [2.45, 2.75) is 25.9 Å². The highest BCUT2D eigenvalue weighted by atomic mass is 19.1. The van der Waals surface area contributed by atoms with Crippen LogP contribution in [0.2, 0.25) is 0 Å². The van der Waals surface area contributed by atoms with Crippen molar-refractivity contribution < 1.29 is 18.7 Å². The van der Waals surface area contributed by atoms with Crippen LogP contribution in [0.5, 0.6) is 5.75 Å². The van der Waals surface area contributed by atoms with Crippen LogP contribution in [-0.4, -0.2) is 43.2 Å². The molecule has 0 aliphatic carbocycles. The average molecular weight is 357 g/mol. The van der Waals surface area contributed by atoms with Gasteiger partial charge in [-0.1, -0.05) is 32.0 Å². The van der Waals surface area contributed by atoms with E-state index in [1.807, 2.05) is 12.1 Å². The number of carbonyl (C=O) groups excluding carboxylic acids is 1. The predicted molar refractivity (Wildman–Crippen MR) is 98.1 cm³/mol. The lowest BCUT2D eigenvalue weighted by atomic mass is 10.0. The number of hydrogen-bond acceptors (Lipinski definition) is 3. The minimum atomic E-state index is -0.408. The van der Waals surface area contributed by atoms with E-state index in [1.54, 1.807) is 17.0 Å². The standard InChI is InChI=1S/C21H24FNO3/c1-15(2)16-6-8-19(9-7-16)26-14-20-13-23(10-11-25-20)21(24)17-4-3-5-18(22)12-17/h3-9,12,15,20H,10-11,13-14H2,1-2H3/t20-/m0/s1. The predicted octanol–water partition coefficient (Wildman–Crippen LogP) is 3.87. The van der Waals surface area contributed by atoms with Crippen LogP contribution in [0.25, 0.3) is 0 Å². The summed E-state index contributed by atoms with van der Waals surface area (Å²) in [6, 6.07) is 13.8. The Hall–Kier alpha value is -2.40. The van der Waals surface area contributed by atoms with Gasteiger partial charge in [0.25, 0.3) is 5.91 Å². The third-order valence-corrected chi connectivity index (χ3v) is 4.48. The SMILES string of the molecule is CC(C)c1ccc(OC[C@@H]2CN(C(=O)c3cccc(F)c3)CCO2)cc1. The fourth-order valence-corrected chi connectivity index (χ4v) is 2.95. The first-order chi connectivity index (χ1) is 12.5. The van der Waals surface area contributed by atoms with Crippen LogP contribution in [0, 0.1) is 5.82 Å². The molecule has 0 spiro atoms. The molecule has 3 rings (SSSR count). The Morgan fingerprint density at radius 2 is 2.04 bits per heavy atom. The number of hydrogen-bond donors (Lipinski definition) is 0. The second-order valence-electron chi connectivity index (χ2n) is 6.79. The third-order valence-electron chi connectivity index (χ3n) is 4.48. The molecule has 0 bridgehead atoms. The number of amides is 1. The molecule has 26 heavy (non-hydrogen) atoms. The molecule has 5 heteroatoms. The molecular weight excluding hydrogens is 333 g/mol. The fraction of sp³-hybridized carbons (Fsp3) is 0.381. The first-order valence-corrected chi connectivity index (χ1v) is 8.92. The molecule has 1 atom stereocenters. The molecule has 138 valence electrons. The highest BCUT2D eigenvalue weighted by Crippen LogP contribution is 2.19. The molecular formula is C21H24FNO3. The summed E-state index contributed by atoms with van der Waals surface area (Å²) in [6.45, 7) is 6.04. The summed E-state index contributed by atoms with van der Waals surface area (Å²) < 4.78 is 24.9. The van der Waals surface area contributed by atoms with E-state index in [1.165, 1.54) is 17.7 Å². The van der Waals surface area contributed by atoms with Gasteiger partial charge in [-0.2, -0.15) is 0 Å². The van der Waals surface area contributed by atoms with E-state index in [9.17, 15) is 9.18 Å². The summed E-state index contributed by atoms with van der Waals surface area (Å²) in [7, 11) is 0. The maximum atomic E-state index is 13.3. The second kappa shape index (κ2) is 8.32. The van der Waals surface area contributed by atoms with Crippen LogP contribution >= 0.6 is 0 Å². The van der Waals surface area contributed by atoms with Crippen LogP contribution in [-0.2, 0) is 4.74 Å². The van der Waals surface area contributed by atoms with Crippen LogP contribution in [0.15, 0.2) is 48.5 Å². The van der Waals surface area contributed by atoms with Crippen LogP contribution in [0.4, 0.5) is 4.39 Å². The van der Waals surface area contributed by atoms with E-state index in [0.717, 1.165) is 5.75 Å². The number of benzene rings is 2. The molecule has 0 unspecified atom stereocenters. The van der Waals surface area contributed by atoms with Crippen molar-refractivity contribution >= 4 is 5.91 Å². The Balaban J connectivity index is 1.55. The summed E-state index contributed by atoms with van der Waals surface area (Å²) in [5.41, 5.74) is 1.62. The van der Waals surface area contributed by atoms with Crippen LogP contribution < -0.4 is 4.74 Å². The van der Waals surface area contributed by atoms with Crippen molar-refractivity contribution in [2.24, 2.45) is 0 Å². The van der Waals surface area contributed by atoms with Gasteiger partial charge in [0.05, 0.1) is 13.2 Å². The Kier molecular flexibility index (Phi) is 5.89. The van der Waals surface area contributed by atoms with E-state index in [0.29, 0.717) is 37.8 Å². The highest BCUT2D eigenvalue weighted by Gasteiger charge is 2.25. The lowest BCUT2D eigenvalue weighted by Crippen LogP contribution is -2.47. The normalized spacial score (nSPS) is 17.4. The van der Waals surface area contributed by atoms with Gasteiger partial charge in [0.15, 0.2) is 0 Å². The molecule has 4 nitrogen and oxygen atoms in total. The minimum Gasteiger partial charge on any atom is -0.491 e. The summed E-state index contributed by atoms with van der Waals surface area (Å²) in [6.07, 6.45) is -0.203. The van der Waals surface area contributed by atoms with Crippen molar-refractivity contribution in [3.8, 4) is 5.75 Å². The van der Waals surface area contributed by atoms with Gasteiger partial charge in [-0.05, 0) is 41.8 Å². The highest BCUT2D eigenvalue weighted by molar-refractivity contribution is 5.94. The maximum Gasteiger partial charge on any atom is 0.254 e. The monoisotopic (exact) mass is 357 g/mol. The van der Waals surface area contributed by atoms with E-state index in [4.69, 9.17) is 9.47 Å². The summed E-state index contributed by atoms with van der Waals surface area (Å²) in [5.74, 6) is 0.674. The van der Waals surface area contributed by atoms with Gasteiger partial charge in [0, 0.05) is 12.1 Å². The number of morpholine rings is 1. The van der Waals surface area contributed by atoms with Crippen LogP contribution in [0.1, 0.15) is 35.7 Å². The number of nitrogens with zero attached hydrogens (tertiary/aromatic N) is 1. The Morgan fingerprint density at radius 1 is 1.27 bits per heavy atom. The van der Waals surface area contributed by atoms with Gasteiger partial charge in [-0.25, -0.2) is 4.39 Å². The van der Waals surface area contributed by atoms with Crippen molar-refractivity contribution in [1.82, 2.24) is 4.90 Å². The Bertz CT molecular complexity index is 745. The van der Waals surface area contributed by atoms with Crippen molar-refractivity contribution in [1.29, 1.82) is 0 Å². The zero-order chi connectivity index (χ0) is 18.5. The summed E-state index contributed by atoms with van der Waals surface area (Å²) >= 11 is 0. The van der Waals surface area contributed by atoms with E-state index >= 15 is 0 Å². The topological polar surface area (TPSA) is 38.8 Å². The van der Waals surface area contributed by atoms with Gasteiger partial charge in [-0.15, -0.1) is 0 Å². The molecule has 1 amide bonds. The molecule has 0 saturated carbocycles. The van der Waals surface area contributed by atoms with Crippen molar-refractivity contribution in [3.63, 3.8) is 0 Å². The molecule has 1 aliphatic rings.